The largest absolute Gasteiger partial charge is 0.379 e. The van der Waals surface area contributed by atoms with Crippen LogP contribution in [-0.2, 0) is 10.0 Å². The topological polar surface area (TPSA) is 95.8 Å². The Morgan fingerprint density at radius 3 is 2.33 bits per heavy atom. The molecule has 0 aromatic heterocycles. The molecule has 1 aliphatic heterocycles. The number of nitrogens with zero attached hydrogens (tertiary/aromatic N) is 3. The van der Waals surface area contributed by atoms with Gasteiger partial charge in [0.05, 0.1) is 9.82 Å². The van der Waals surface area contributed by atoms with Gasteiger partial charge in [-0.3, -0.25) is 10.1 Å². The van der Waals surface area contributed by atoms with Crippen LogP contribution in [0.2, 0.25) is 0 Å². The summed E-state index contributed by atoms with van der Waals surface area (Å²) in [6.45, 7) is 6.42. The molecule has 1 heterocycles. The molecular weight excluding hydrogens is 440 g/mol. The summed E-state index contributed by atoms with van der Waals surface area (Å²) in [4.78, 5) is 13.4. The van der Waals surface area contributed by atoms with Gasteiger partial charge in [-0.2, -0.15) is 4.31 Å². The highest BCUT2D eigenvalue weighted by molar-refractivity contribution is 7.89. The molecular formula is C24H28N4O4S. The molecule has 0 aliphatic carbocycles. The van der Waals surface area contributed by atoms with Crippen LogP contribution in [0.5, 0.6) is 0 Å². The van der Waals surface area contributed by atoms with E-state index >= 15 is 0 Å². The lowest BCUT2D eigenvalue weighted by Gasteiger charge is -2.35. The molecule has 0 spiro atoms. The predicted molar refractivity (Wildman–Crippen MR) is 131 cm³/mol. The number of hydrogen-bond acceptors (Lipinski definition) is 6. The Labute approximate surface area is 194 Å². The van der Waals surface area contributed by atoms with Crippen LogP contribution < -0.4 is 10.2 Å². The maximum absolute atomic E-state index is 13.2. The van der Waals surface area contributed by atoms with Gasteiger partial charge < -0.3 is 10.2 Å². The Bertz CT molecular complexity index is 1270. The molecule has 3 aromatic rings. The van der Waals surface area contributed by atoms with E-state index in [4.69, 9.17) is 0 Å². The van der Waals surface area contributed by atoms with Crippen molar-refractivity contribution in [3.05, 3.63) is 70.8 Å². The average molecular weight is 469 g/mol. The zero-order chi connectivity index (χ0) is 23.6. The standard InChI is InChI=1S/C24H28N4O4S/c1-18(2)17-25-23-16-21(8-10-24(23)28(29)30)26-11-13-27(14-12-26)33(31,32)22-9-7-19-5-3-4-6-20(19)15-22/h3-10,15-16,18,25H,11-14,17H2,1-2H3. The third-order valence-corrected chi connectivity index (χ3v) is 7.73. The van der Waals surface area contributed by atoms with Crippen LogP contribution >= 0.6 is 0 Å². The van der Waals surface area contributed by atoms with Crippen LogP contribution in [0, 0.1) is 16.0 Å². The molecule has 0 unspecified atom stereocenters. The summed E-state index contributed by atoms with van der Waals surface area (Å²) in [5.41, 5.74) is 1.36. The summed E-state index contributed by atoms with van der Waals surface area (Å²) in [7, 11) is -3.60. The summed E-state index contributed by atoms with van der Waals surface area (Å²) in [6, 6.07) is 17.9. The number of hydrogen-bond donors (Lipinski definition) is 1. The molecule has 4 rings (SSSR count). The Hall–Kier alpha value is -3.17. The van der Waals surface area contributed by atoms with Gasteiger partial charge in [0.25, 0.3) is 5.69 Å². The van der Waals surface area contributed by atoms with Crippen molar-refractivity contribution in [2.75, 3.05) is 42.9 Å². The number of sulfonamides is 1. The van der Waals surface area contributed by atoms with Crippen molar-refractivity contribution in [2.24, 2.45) is 5.92 Å². The molecule has 3 aromatic carbocycles. The number of anilines is 2. The number of benzene rings is 3. The zero-order valence-corrected chi connectivity index (χ0v) is 19.6. The first-order valence-corrected chi connectivity index (χ1v) is 12.5. The van der Waals surface area contributed by atoms with Gasteiger partial charge in [-0.1, -0.05) is 44.2 Å². The lowest BCUT2D eigenvalue weighted by atomic mass is 10.1. The molecule has 1 N–H and O–H groups in total. The quantitative estimate of drug-likeness (QED) is 0.410. The van der Waals surface area contributed by atoms with E-state index in [0.717, 1.165) is 16.5 Å². The highest BCUT2D eigenvalue weighted by atomic mass is 32.2. The van der Waals surface area contributed by atoms with Crippen molar-refractivity contribution in [3.8, 4) is 0 Å². The number of nitro groups is 1. The third kappa shape index (κ3) is 4.94. The molecule has 0 amide bonds. The minimum Gasteiger partial charge on any atom is -0.379 e. The smallest absolute Gasteiger partial charge is 0.292 e. The van der Waals surface area contributed by atoms with Crippen molar-refractivity contribution in [3.63, 3.8) is 0 Å². The van der Waals surface area contributed by atoms with Gasteiger partial charge in [-0.15, -0.1) is 0 Å². The molecule has 9 heteroatoms. The Morgan fingerprint density at radius 2 is 1.67 bits per heavy atom. The lowest BCUT2D eigenvalue weighted by molar-refractivity contribution is -0.383. The maximum atomic E-state index is 13.2. The molecule has 0 saturated carbocycles. The van der Waals surface area contributed by atoms with Gasteiger partial charge in [-0.05, 0) is 41.0 Å². The highest BCUT2D eigenvalue weighted by Crippen LogP contribution is 2.31. The van der Waals surface area contributed by atoms with Crippen LogP contribution in [-0.4, -0.2) is 50.4 Å². The summed E-state index contributed by atoms with van der Waals surface area (Å²) < 4.78 is 27.9. The second-order valence-electron chi connectivity index (χ2n) is 8.63. The first-order chi connectivity index (χ1) is 15.8. The van der Waals surface area contributed by atoms with E-state index in [1.807, 2.05) is 44.2 Å². The van der Waals surface area contributed by atoms with Gasteiger partial charge in [0, 0.05) is 44.5 Å². The molecule has 8 nitrogen and oxygen atoms in total. The first kappa shape index (κ1) is 23.0. The van der Waals surface area contributed by atoms with Crippen LogP contribution in [0.3, 0.4) is 0 Å². The SMILES string of the molecule is CC(C)CNc1cc(N2CCN(S(=O)(=O)c3ccc4ccccc4c3)CC2)ccc1[N+](=O)[O-]. The van der Waals surface area contributed by atoms with Gasteiger partial charge in [0.1, 0.15) is 5.69 Å². The van der Waals surface area contributed by atoms with E-state index in [1.165, 1.54) is 10.4 Å². The number of rotatable bonds is 7. The van der Waals surface area contributed by atoms with E-state index in [0.29, 0.717) is 49.2 Å². The van der Waals surface area contributed by atoms with E-state index < -0.39 is 10.0 Å². The van der Waals surface area contributed by atoms with E-state index in [-0.39, 0.29) is 10.6 Å². The van der Waals surface area contributed by atoms with E-state index in [1.54, 1.807) is 24.3 Å². The van der Waals surface area contributed by atoms with Gasteiger partial charge in [0.15, 0.2) is 0 Å². The molecule has 1 saturated heterocycles. The number of piperazine rings is 1. The summed E-state index contributed by atoms with van der Waals surface area (Å²) in [6.07, 6.45) is 0. The van der Waals surface area contributed by atoms with Gasteiger partial charge >= 0.3 is 0 Å². The van der Waals surface area contributed by atoms with Crippen molar-refractivity contribution >= 4 is 37.9 Å². The zero-order valence-electron chi connectivity index (χ0n) is 18.8. The van der Waals surface area contributed by atoms with Gasteiger partial charge in [0.2, 0.25) is 10.0 Å². The number of nitrogens with one attached hydrogen (secondary N) is 1. The average Bonchev–Trinajstić information content (AvgIpc) is 2.82. The van der Waals surface area contributed by atoms with Crippen LogP contribution in [0.15, 0.2) is 65.6 Å². The van der Waals surface area contributed by atoms with Crippen molar-refractivity contribution in [2.45, 2.75) is 18.7 Å². The second-order valence-corrected chi connectivity index (χ2v) is 10.6. The molecule has 0 atom stereocenters. The van der Waals surface area contributed by atoms with Crippen LogP contribution in [0.4, 0.5) is 17.1 Å². The number of nitro benzene ring substituents is 1. The molecule has 33 heavy (non-hydrogen) atoms. The van der Waals surface area contributed by atoms with Crippen molar-refractivity contribution in [1.29, 1.82) is 0 Å². The molecule has 0 bridgehead atoms. The lowest BCUT2D eigenvalue weighted by Crippen LogP contribution is -2.48. The molecule has 174 valence electrons. The Balaban J connectivity index is 1.49. The molecule has 1 fully saturated rings. The highest BCUT2D eigenvalue weighted by Gasteiger charge is 2.29. The Morgan fingerprint density at radius 1 is 0.970 bits per heavy atom. The van der Waals surface area contributed by atoms with E-state index in [9.17, 15) is 18.5 Å². The second kappa shape index (κ2) is 9.36. The first-order valence-electron chi connectivity index (χ1n) is 11.0. The molecule has 0 radical (unpaired) electrons. The minimum absolute atomic E-state index is 0.0388. The van der Waals surface area contributed by atoms with Gasteiger partial charge in [-0.25, -0.2) is 8.42 Å². The summed E-state index contributed by atoms with van der Waals surface area (Å²) in [5, 5.41) is 16.5. The molecule has 1 aliphatic rings. The maximum Gasteiger partial charge on any atom is 0.292 e. The van der Waals surface area contributed by atoms with E-state index in [2.05, 4.69) is 10.2 Å². The fraction of sp³-hybridized carbons (Fsp3) is 0.333. The van der Waals surface area contributed by atoms with Crippen molar-refractivity contribution < 1.29 is 13.3 Å². The predicted octanol–water partition coefficient (Wildman–Crippen LogP) is 4.33. The minimum atomic E-state index is -3.60. The fourth-order valence-electron chi connectivity index (χ4n) is 4.00. The van der Waals surface area contributed by atoms with Crippen LogP contribution in [0.25, 0.3) is 10.8 Å². The normalized spacial score (nSPS) is 15.2. The Kier molecular flexibility index (Phi) is 6.53. The summed E-state index contributed by atoms with van der Waals surface area (Å²) >= 11 is 0. The number of fused-ring (bicyclic) bond motifs is 1. The summed E-state index contributed by atoms with van der Waals surface area (Å²) in [5.74, 6) is 0.345. The van der Waals surface area contributed by atoms with Crippen LogP contribution in [0.1, 0.15) is 13.8 Å². The third-order valence-electron chi connectivity index (χ3n) is 5.84. The fourth-order valence-corrected chi connectivity index (χ4v) is 5.46. The van der Waals surface area contributed by atoms with Crippen molar-refractivity contribution in [1.82, 2.24) is 4.31 Å². The monoisotopic (exact) mass is 468 g/mol.